The molecule has 1 saturated heterocycles. The van der Waals surface area contributed by atoms with Gasteiger partial charge < -0.3 is 10.6 Å². The summed E-state index contributed by atoms with van der Waals surface area (Å²) in [5, 5.41) is 16.6. The normalized spacial score (nSPS) is 21.6. The summed E-state index contributed by atoms with van der Waals surface area (Å²) >= 11 is 0. The maximum atomic E-state index is 12.3. The van der Waals surface area contributed by atoms with E-state index in [9.17, 15) is 19.1 Å². The first-order valence-corrected chi connectivity index (χ1v) is 8.12. The summed E-state index contributed by atoms with van der Waals surface area (Å²) in [6.45, 7) is 0. The lowest BCUT2D eigenvalue weighted by molar-refractivity contribution is -0.384. The van der Waals surface area contributed by atoms with E-state index in [1.165, 1.54) is 12.1 Å². The van der Waals surface area contributed by atoms with E-state index >= 15 is 0 Å². The largest absolute Gasteiger partial charge is 0.382 e. The van der Waals surface area contributed by atoms with Gasteiger partial charge in [0.2, 0.25) is 0 Å². The van der Waals surface area contributed by atoms with E-state index in [1.807, 2.05) is 0 Å². The van der Waals surface area contributed by atoms with Crippen LogP contribution >= 0.6 is 0 Å². The van der Waals surface area contributed by atoms with Gasteiger partial charge in [-0.1, -0.05) is 6.07 Å². The van der Waals surface area contributed by atoms with Crippen LogP contribution in [0.25, 0.3) is 0 Å². The first-order valence-electron chi connectivity index (χ1n) is 6.64. The molecule has 2 N–H and O–H groups in total. The molecule has 1 aliphatic rings. The van der Waals surface area contributed by atoms with Gasteiger partial charge in [0.15, 0.2) is 0 Å². The fraction of sp³-hybridized carbons (Fsp3) is 0.462. The minimum atomic E-state index is -0.789. The van der Waals surface area contributed by atoms with Crippen molar-refractivity contribution in [2.45, 2.75) is 18.9 Å². The Morgan fingerprint density at radius 3 is 2.62 bits per heavy atom. The molecular weight excluding hydrogens is 294 g/mol. The van der Waals surface area contributed by atoms with Crippen LogP contribution in [-0.2, 0) is 10.8 Å². The fourth-order valence-corrected chi connectivity index (χ4v) is 3.64. The summed E-state index contributed by atoms with van der Waals surface area (Å²) in [4.78, 5) is 22.8. The third-order valence-electron chi connectivity index (χ3n) is 3.46. The van der Waals surface area contributed by atoms with Crippen molar-refractivity contribution >= 4 is 28.1 Å². The molecule has 1 aromatic rings. The summed E-state index contributed by atoms with van der Waals surface area (Å²) < 4.78 is 11.3. The SMILES string of the molecule is CNc1c(C(=O)NC2CCS(=O)CC2)cccc1[N+](=O)[O-]. The van der Waals surface area contributed by atoms with Crippen molar-refractivity contribution < 1.29 is 13.9 Å². The molecule has 1 aromatic carbocycles. The zero-order chi connectivity index (χ0) is 15.4. The Balaban J connectivity index is 2.17. The van der Waals surface area contributed by atoms with Crippen molar-refractivity contribution in [3.63, 3.8) is 0 Å². The van der Waals surface area contributed by atoms with Crippen LogP contribution in [0.4, 0.5) is 11.4 Å². The van der Waals surface area contributed by atoms with Gasteiger partial charge in [0, 0.05) is 41.5 Å². The highest BCUT2D eigenvalue weighted by atomic mass is 32.2. The van der Waals surface area contributed by atoms with Gasteiger partial charge in [0.05, 0.1) is 10.5 Å². The third kappa shape index (κ3) is 3.57. The van der Waals surface area contributed by atoms with E-state index in [1.54, 1.807) is 13.1 Å². The molecule has 0 aromatic heterocycles. The zero-order valence-corrected chi connectivity index (χ0v) is 12.4. The first-order chi connectivity index (χ1) is 10.0. The molecule has 8 heteroatoms. The smallest absolute Gasteiger partial charge is 0.293 e. The van der Waals surface area contributed by atoms with Crippen LogP contribution in [-0.4, -0.2) is 39.6 Å². The quantitative estimate of drug-likeness (QED) is 0.644. The number of nitro groups is 1. The molecule has 0 spiro atoms. The van der Waals surface area contributed by atoms with Crippen LogP contribution in [0, 0.1) is 10.1 Å². The number of carbonyl (C=O) groups excluding carboxylic acids is 1. The molecule has 1 heterocycles. The molecular formula is C13H17N3O4S. The highest BCUT2D eigenvalue weighted by Gasteiger charge is 2.24. The van der Waals surface area contributed by atoms with E-state index in [-0.39, 0.29) is 28.9 Å². The standard InChI is InChI=1S/C13H17N3O4S/c1-14-12-10(3-2-4-11(12)16(18)19)13(17)15-9-5-7-21(20)8-6-9/h2-4,9,14H,5-8H2,1H3,(H,15,17). The number of hydrogen-bond donors (Lipinski definition) is 2. The van der Waals surface area contributed by atoms with Crippen LogP contribution in [0.15, 0.2) is 18.2 Å². The summed E-state index contributed by atoms with van der Waals surface area (Å²) in [7, 11) is 0.755. The Bertz CT molecular complexity index is 581. The molecule has 2 rings (SSSR count). The summed E-state index contributed by atoms with van der Waals surface area (Å²) in [5.74, 6) is 0.818. The van der Waals surface area contributed by atoms with E-state index in [0.717, 1.165) is 0 Å². The lowest BCUT2D eigenvalue weighted by Gasteiger charge is -2.23. The molecule has 1 fully saturated rings. The molecule has 0 aliphatic carbocycles. The van der Waals surface area contributed by atoms with Crippen LogP contribution in [0.3, 0.4) is 0 Å². The van der Waals surface area contributed by atoms with Crippen LogP contribution in [0.5, 0.6) is 0 Å². The van der Waals surface area contributed by atoms with Gasteiger partial charge in [-0.2, -0.15) is 0 Å². The molecule has 7 nitrogen and oxygen atoms in total. The minimum absolute atomic E-state index is 0.0285. The van der Waals surface area contributed by atoms with E-state index in [4.69, 9.17) is 0 Å². The molecule has 0 unspecified atom stereocenters. The van der Waals surface area contributed by atoms with Crippen LogP contribution in [0.2, 0.25) is 0 Å². The lowest BCUT2D eigenvalue weighted by Crippen LogP contribution is -2.39. The molecule has 114 valence electrons. The topological polar surface area (TPSA) is 101 Å². The Labute approximate surface area is 124 Å². The number of benzene rings is 1. The number of anilines is 1. The van der Waals surface area contributed by atoms with E-state index in [0.29, 0.717) is 24.3 Å². The van der Waals surface area contributed by atoms with Crippen LogP contribution in [0.1, 0.15) is 23.2 Å². The summed E-state index contributed by atoms with van der Waals surface area (Å²) in [6.07, 6.45) is 1.34. The lowest BCUT2D eigenvalue weighted by atomic mass is 10.1. The molecule has 1 amide bonds. The van der Waals surface area contributed by atoms with Crippen molar-refractivity contribution in [3.8, 4) is 0 Å². The predicted molar refractivity (Wildman–Crippen MR) is 81.0 cm³/mol. The second kappa shape index (κ2) is 6.66. The number of nitrogens with one attached hydrogen (secondary N) is 2. The molecule has 0 radical (unpaired) electrons. The van der Waals surface area contributed by atoms with Crippen molar-refractivity contribution in [1.29, 1.82) is 0 Å². The number of para-hydroxylation sites is 1. The highest BCUT2D eigenvalue weighted by molar-refractivity contribution is 7.85. The molecule has 1 aliphatic heterocycles. The Morgan fingerprint density at radius 1 is 1.38 bits per heavy atom. The second-order valence-electron chi connectivity index (χ2n) is 4.80. The maximum absolute atomic E-state index is 12.3. The van der Waals surface area contributed by atoms with Crippen molar-refractivity contribution in [2.75, 3.05) is 23.9 Å². The first kappa shape index (κ1) is 15.4. The number of nitrogens with zero attached hydrogens (tertiary/aromatic N) is 1. The van der Waals surface area contributed by atoms with Gasteiger partial charge in [-0.15, -0.1) is 0 Å². The Kier molecular flexibility index (Phi) is 4.89. The average molecular weight is 311 g/mol. The number of amides is 1. The zero-order valence-electron chi connectivity index (χ0n) is 11.6. The van der Waals surface area contributed by atoms with Gasteiger partial charge in [0.25, 0.3) is 11.6 Å². The molecule has 0 saturated carbocycles. The fourth-order valence-electron chi connectivity index (χ4n) is 2.35. The Morgan fingerprint density at radius 2 is 2.05 bits per heavy atom. The number of carbonyl (C=O) groups is 1. The average Bonchev–Trinajstić information content (AvgIpc) is 2.48. The Hall–Kier alpha value is -1.96. The highest BCUT2D eigenvalue weighted by Crippen LogP contribution is 2.28. The van der Waals surface area contributed by atoms with Crippen molar-refractivity contribution in [3.05, 3.63) is 33.9 Å². The second-order valence-corrected chi connectivity index (χ2v) is 6.50. The molecule has 0 bridgehead atoms. The summed E-state index contributed by atoms with van der Waals surface area (Å²) in [5.41, 5.74) is 0.327. The van der Waals surface area contributed by atoms with Crippen molar-refractivity contribution in [2.24, 2.45) is 0 Å². The van der Waals surface area contributed by atoms with Crippen molar-refractivity contribution in [1.82, 2.24) is 5.32 Å². The van der Waals surface area contributed by atoms with E-state index < -0.39 is 15.7 Å². The van der Waals surface area contributed by atoms with Gasteiger partial charge in [0.1, 0.15) is 5.69 Å². The molecule has 21 heavy (non-hydrogen) atoms. The molecule has 0 atom stereocenters. The van der Waals surface area contributed by atoms with Crippen LogP contribution < -0.4 is 10.6 Å². The van der Waals surface area contributed by atoms with Gasteiger partial charge >= 0.3 is 0 Å². The maximum Gasteiger partial charge on any atom is 0.293 e. The number of rotatable bonds is 4. The summed E-state index contributed by atoms with van der Waals surface area (Å²) in [6, 6.07) is 4.37. The number of hydrogen-bond acceptors (Lipinski definition) is 5. The van der Waals surface area contributed by atoms with Gasteiger partial charge in [-0.3, -0.25) is 19.1 Å². The monoisotopic (exact) mass is 311 g/mol. The third-order valence-corrected chi connectivity index (χ3v) is 4.84. The van der Waals surface area contributed by atoms with Gasteiger partial charge in [-0.25, -0.2) is 0 Å². The minimum Gasteiger partial charge on any atom is -0.382 e. The predicted octanol–water partition coefficient (Wildman–Crippen LogP) is 1.28. The van der Waals surface area contributed by atoms with Gasteiger partial charge in [-0.05, 0) is 18.9 Å². The van der Waals surface area contributed by atoms with E-state index in [2.05, 4.69) is 10.6 Å². The number of nitro benzene ring substituents is 1.